The van der Waals surface area contributed by atoms with Crippen LogP contribution in [0.5, 0.6) is 0 Å². The van der Waals surface area contributed by atoms with Crippen molar-refractivity contribution in [3.05, 3.63) is 35.6 Å². The molecule has 1 aliphatic rings. The van der Waals surface area contributed by atoms with Crippen LogP contribution in [-0.4, -0.2) is 24.3 Å². The topological polar surface area (TPSA) is 61.4 Å². The molecule has 0 aromatic heterocycles. The summed E-state index contributed by atoms with van der Waals surface area (Å²) in [5.74, 6) is 0.378. The molecule has 2 rings (SSSR count). The fraction of sp³-hybridized carbons (Fsp3) is 0.611. The van der Waals surface area contributed by atoms with E-state index >= 15 is 0 Å². The molecule has 1 aliphatic carbocycles. The molecule has 0 radical (unpaired) electrons. The number of nitrogens with one attached hydrogen (secondary N) is 2. The van der Waals surface area contributed by atoms with Crippen LogP contribution in [0, 0.1) is 17.7 Å². The third kappa shape index (κ3) is 5.50. The van der Waals surface area contributed by atoms with E-state index < -0.39 is 0 Å². The van der Waals surface area contributed by atoms with Crippen LogP contribution in [0.1, 0.15) is 50.6 Å². The molecule has 1 fully saturated rings. The predicted molar refractivity (Wildman–Crippen MR) is 88.5 cm³/mol. The van der Waals surface area contributed by atoms with Crippen molar-refractivity contribution in [2.75, 3.05) is 13.2 Å². The number of amides is 2. The normalized spacial score (nSPS) is 17.7. The van der Waals surface area contributed by atoms with E-state index in [2.05, 4.69) is 10.6 Å². The minimum absolute atomic E-state index is 0.0775. The zero-order chi connectivity index (χ0) is 16.7. The maximum absolute atomic E-state index is 13.2. The van der Waals surface area contributed by atoms with Crippen LogP contribution in [0.3, 0.4) is 0 Å². The molecule has 2 atom stereocenters. The Labute approximate surface area is 137 Å². The molecule has 23 heavy (non-hydrogen) atoms. The average molecular weight is 322 g/mol. The second-order valence-corrected chi connectivity index (χ2v) is 6.55. The SMILES string of the molecule is CC(CCO)CNC(=O)NC(c1ccc(F)cc1)C1CCCC1. The van der Waals surface area contributed by atoms with Gasteiger partial charge in [0.25, 0.3) is 0 Å². The molecule has 128 valence electrons. The fourth-order valence-corrected chi connectivity index (χ4v) is 3.22. The number of hydrogen-bond donors (Lipinski definition) is 3. The summed E-state index contributed by atoms with van der Waals surface area (Å²) >= 11 is 0. The maximum atomic E-state index is 13.2. The fourth-order valence-electron chi connectivity index (χ4n) is 3.22. The van der Waals surface area contributed by atoms with Crippen LogP contribution in [0.25, 0.3) is 0 Å². The Morgan fingerprint density at radius 3 is 2.57 bits per heavy atom. The third-order valence-corrected chi connectivity index (χ3v) is 4.62. The molecule has 1 saturated carbocycles. The largest absolute Gasteiger partial charge is 0.396 e. The Morgan fingerprint density at radius 2 is 1.96 bits per heavy atom. The number of carbonyl (C=O) groups is 1. The van der Waals surface area contributed by atoms with E-state index in [0.29, 0.717) is 18.9 Å². The van der Waals surface area contributed by atoms with Crippen LogP contribution in [0.15, 0.2) is 24.3 Å². The lowest BCUT2D eigenvalue weighted by molar-refractivity contribution is 0.225. The zero-order valence-electron chi connectivity index (χ0n) is 13.7. The van der Waals surface area contributed by atoms with Gasteiger partial charge in [0.15, 0.2) is 0 Å². The summed E-state index contributed by atoms with van der Waals surface area (Å²) in [7, 11) is 0. The van der Waals surface area contributed by atoms with Crippen LogP contribution in [0.4, 0.5) is 9.18 Å². The first-order chi connectivity index (χ1) is 11.1. The van der Waals surface area contributed by atoms with Gasteiger partial charge in [-0.15, -0.1) is 0 Å². The van der Waals surface area contributed by atoms with E-state index in [-0.39, 0.29) is 30.4 Å². The van der Waals surface area contributed by atoms with Crippen molar-refractivity contribution in [1.82, 2.24) is 10.6 Å². The van der Waals surface area contributed by atoms with E-state index in [0.717, 1.165) is 18.4 Å². The first-order valence-corrected chi connectivity index (χ1v) is 8.51. The van der Waals surface area contributed by atoms with E-state index in [1.54, 1.807) is 12.1 Å². The quantitative estimate of drug-likeness (QED) is 0.721. The summed E-state index contributed by atoms with van der Waals surface area (Å²) < 4.78 is 13.2. The number of urea groups is 1. The molecule has 0 saturated heterocycles. The molecular weight excluding hydrogens is 295 g/mol. The standard InChI is InChI=1S/C18H27FN2O2/c1-13(10-11-22)12-20-18(23)21-17(14-4-2-3-5-14)15-6-8-16(19)9-7-15/h6-9,13-14,17,22H,2-5,10-12H2,1H3,(H2,20,21,23). The van der Waals surface area contributed by atoms with E-state index in [1.165, 1.54) is 25.0 Å². The third-order valence-electron chi connectivity index (χ3n) is 4.62. The Morgan fingerprint density at radius 1 is 1.30 bits per heavy atom. The minimum Gasteiger partial charge on any atom is -0.396 e. The van der Waals surface area contributed by atoms with Gasteiger partial charge in [0.1, 0.15) is 5.82 Å². The molecule has 0 spiro atoms. The Balaban J connectivity index is 1.97. The summed E-state index contributed by atoms with van der Waals surface area (Å²) in [6.07, 6.45) is 5.20. The number of hydrogen-bond acceptors (Lipinski definition) is 2. The lowest BCUT2D eigenvalue weighted by atomic mass is 9.91. The first-order valence-electron chi connectivity index (χ1n) is 8.51. The number of rotatable bonds is 7. The first kappa shape index (κ1) is 17.7. The van der Waals surface area contributed by atoms with E-state index in [1.807, 2.05) is 6.92 Å². The van der Waals surface area contributed by atoms with Crippen molar-refractivity contribution in [3.8, 4) is 0 Å². The van der Waals surface area contributed by atoms with Gasteiger partial charge in [0.05, 0.1) is 6.04 Å². The predicted octanol–water partition coefficient (Wildman–Crippen LogP) is 3.37. The van der Waals surface area contributed by atoms with E-state index in [9.17, 15) is 9.18 Å². The highest BCUT2D eigenvalue weighted by molar-refractivity contribution is 5.74. The van der Waals surface area contributed by atoms with Gasteiger partial charge < -0.3 is 15.7 Å². The molecule has 0 bridgehead atoms. The summed E-state index contributed by atoms with van der Waals surface area (Å²) in [5, 5.41) is 14.8. The van der Waals surface area contributed by atoms with Gasteiger partial charge in [-0.1, -0.05) is 31.9 Å². The number of carbonyl (C=O) groups excluding carboxylic acids is 1. The van der Waals surface area contributed by atoms with Gasteiger partial charge in [-0.25, -0.2) is 9.18 Å². The van der Waals surface area contributed by atoms with Crippen LogP contribution < -0.4 is 10.6 Å². The van der Waals surface area contributed by atoms with Crippen LogP contribution in [0.2, 0.25) is 0 Å². The Bertz CT molecular complexity index is 486. The van der Waals surface area contributed by atoms with Gasteiger partial charge >= 0.3 is 6.03 Å². The van der Waals surface area contributed by atoms with Crippen molar-refractivity contribution < 1.29 is 14.3 Å². The van der Waals surface area contributed by atoms with Crippen molar-refractivity contribution in [1.29, 1.82) is 0 Å². The van der Waals surface area contributed by atoms with Crippen molar-refractivity contribution in [2.45, 2.75) is 45.1 Å². The van der Waals surface area contributed by atoms with Gasteiger partial charge in [-0.3, -0.25) is 0 Å². The zero-order valence-corrected chi connectivity index (χ0v) is 13.7. The summed E-state index contributed by atoms with van der Waals surface area (Å²) in [4.78, 5) is 12.2. The number of aliphatic hydroxyl groups is 1. The summed E-state index contributed by atoms with van der Waals surface area (Å²) in [5.41, 5.74) is 0.955. The highest BCUT2D eigenvalue weighted by Gasteiger charge is 2.27. The molecule has 3 N–H and O–H groups in total. The van der Waals surface area contributed by atoms with E-state index in [4.69, 9.17) is 5.11 Å². The monoisotopic (exact) mass is 322 g/mol. The summed E-state index contributed by atoms with van der Waals surface area (Å²) in [6, 6.07) is 6.13. The van der Waals surface area contributed by atoms with Crippen LogP contribution in [-0.2, 0) is 0 Å². The maximum Gasteiger partial charge on any atom is 0.315 e. The molecule has 4 nitrogen and oxygen atoms in total. The highest BCUT2D eigenvalue weighted by atomic mass is 19.1. The van der Waals surface area contributed by atoms with Gasteiger partial charge in [0, 0.05) is 13.2 Å². The summed E-state index contributed by atoms with van der Waals surface area (Å²) in [6.45, 7) is 2.66. The molecule has 2 amide bonds. The van der Waals surface area contributed by atoms with Crippen molar-refractivity contribution in [2.24, 2.45) is 11.8 Å². The van der Waals surface area contributed by atoms with Crippen molar-refractivity contribution in [3.63, 3.8) is 0 Å². The number of halogens is 1. The van der Waals surface area contributed by atoms with Crippen LogP contribution >= 0.6 is 0 Å². The Kier molecular flexibility index (Phi) is 6.84. The minimum atomic E-state index is -0.263. The lowest BCUT2D eigenvalue weighted by Gasteiger charge is -2.26. The Hall–Kier alpha value is -1.62. The molecule has 1 aromatic rings. The average Bonchev–Trinajstić information content (AvgIpc) is 3.06. The van der Waals surface area contributed by atoms with Gasteiger partial charge in [-0.2, -0.15) is 0 Å². The van der Waals surface area contributed by atoms with Crippen molar-refractivity contribution >= 4 is 6.03 Å². The lowest BCUT2D eigenvalue weighted by Crippen LogP contribution is -2.41. The molecule has 0 aliphatic heterocycles. The van der Waals surface area contributed by atoms with Gasteiger partial charge in [0.2, 0.25) is 0 Å². The second kappa shape index (κ2) is 8.87. The second-order valence-electron chi connectivity index (χ2n) is 6.55. The number of benzene rings is 1. The molecule has 2 unspecified atom stereocenters. The molecule has 0 heterocycles. The molecular formula is C18H27FN2O2. The smallest absolute Gasteiger partial charge is 0.315 e. The molecule has 5 heteroatoms. The highest BCUT2D eigenvalue weighted by Crippen LogP contribution is 2.35. The van der Waals surface area contributed by atoms with Gasteiger partial charge in [-0.05, 0) is 48.8 Å². The number of aliphatic hydroxyl groups excluding tert-OH is 1. The molecule has 1 aromatic carbocycles.